The summed E-state index contributed by atoms with van der Waals surface area (Å²) in [6, 6.07) is 4.83. The molecule has 0 aromatic heterocycles. The van der Waals surface area contributed by atoms with E-state index in [9.17, 15) is 14.9 Å². The van der Waals surface area contributed by atoms with Crippen LogP contribution in [0.2, 0.25) is 0 Å². The minimum absolute atomic E-state index is 0.0485. The number of nitrogens with two attached hydrogens (primary N) is 1. The minimum Gasteiger partial charge on any atom is -0.393 e. The van der Waals surface area contributed by atoms with Crippen LogP contribution in [0.4, 0.5) is 11.4 Å². The molecule has 3 N–H and O–H groups in total. The molecule has 0 atom stereocenters. The van der Waals surface area contributed by atoms with Gasteiger partial charge >= 0.3 is 0 Å². The fourth-order valence-electron chi connectivity index (χ4n) is 2.36. The summed E-state index contributed by atoms with van der Waals surface area (Å²) in [5.41, 5.74) is 5.55. The van der Waals surface area contributed by atoms with E-state index in [1.54, 1.807) is 0 Å². The highest BCUT2D eigenvalue weighted by Gasteiger charge is 2.16. The van der Waals surface area contributed by atoms with E-state index in [0.29, 0.717) is 18.6 Å². The highest BCUT2D eigenvalue weighted by molar-refractivity contribution is 5.95. The number of nitrogens with zero attached hydrogens (tertiary/aromatic N) is 2. The van der Waals surface area contributed by atoms with E-state index in [1.807, 2.05) is 0 Å². The third-order valence-electron chi connectivity index (χ3n) is 3.47. The second-order valence-electron chi connectivity index (χ2n) is 5.71. The number of benzene rings is 1. The first kappa shape index (κ1) is 17.9. The number of nitrogens with one attached hydrogen (secondary N) is 1. The van der Waals surface area contributed by atoms with E-state index in [0.717, 1.165) is 6.54 Å². The van der Waals surface area contributed by atoms with Gasteiger partial charge in [-0.15, -0.1) is 0 Å². The summed E-state index contributed by atoms with van der Waals surface area (Å²) < 4.78 is 0. The van der Waals surface area contributed by atoms with E-state index in [2.05, 4.69) is 37.9 Å². The van der Waals surface area contributed by atoms with Crippen LogP contribution in [0.5, 0.6) is 0 Å². The first-order chi connectivity index (χ1) is 10.2. The molecule has 0 saturated carbocycles. The van der Waals surface area contributed by atoms with E-state index in [1.165, 1.54) is 18.2 Å². The van der Waals surface area contributed by atoms with Crippen molar-refractivity contribution in [2.45, 2.75) is 39.8 Å². The van der Waals surface area contributed by atoms with Crippen LogP contribution < -0.4 is 11.1 Å². The van der Waals surface area contributed by atoms with Crippen molar-refractivity contribution in [1.29, 1.82) is 0 Å². The summed E-state index contributed by atoms with van der Waals surface area (Å²) in [6.07, 6.45) is 0. The van der Waals surface area contributed by atoms with Crippen molar-refractivity contribution in [3.8, 4) is 0 Å². The van der Waals surface area contributed by atoms with Gasteiger partial charge in [0.1, 0.15) is 5.69 Å². The number of rotatable bonds is 7. The van der Waals surface area contributed by atoms with Crippen LogP contribution in [-0.2, 0) is 0 Å². The quantitative estimate of drug-likeness (QED) is 0.456. The standard InChI is InChI=1S/C15H24N4O3/c1-10(2)18(11(3)4)8-7-17-15(20)12-5-6-13(16)14(9-12)19(21)22/h5-6,9-11H,7-8,16H2,1-4H3,(H,17,20). The Kier molecular flexibility index (Phi) is 6.30. The van der Waals surface area contributed by atoms with Crippen LogP contribution in [0.1, 0.15) is 38.1 Å². The molecular formula is C15H24N4O3. The van der Waals surface area contributed by atoms with Gasteiger partial charge in [0.15, 0.2) is 0 Å². The van der Waals surface area contributed by atoms with E-state index in [-0.39, 0.29) is 22.8 Å². The van der Waals surface area contributed by atoms with Crippen LogP contribution in [0, 0.1) is 10.1 Å². The van der Waals surface area contributed by atoms with Gasteiger partial charge in [-0.25, -0.2) is 0 Å². The maximum absolute atomic E-state index is 12.1. The average molecular weight is 308 g/mol. The van der Waals surface area contributed by atoms with Crippen LogP contribution in [0.25, 0.3) is 0 Å². The van der Waals surface area contributed by atoms with Crippen molar-refractivity contribution in [1.82, 2.24) is 10.2 Å². The number of hydrogen-bond donors (Lipinski definition) is 2. The van der Waals surface area contributed by atoms with Crippen LogP contribution in [-0.4, -0.2) is 40.9 Å². The van der Waals surface area contributed by atoms with Crippen LogP contribution in [0.15, 0.2) is 18.2 Å². The molecule has 0 radical (unpaired) electrons. The number of carbonyl (C=O) groups is 1. The molecule has 0 heterocycles. The number of anilines is 1. The summed E-state index contributed by atoms with van der Waals surface area (Å²) in [5.74, 6) is -0.337. The molecule has 1 aromatic rings. The predicted octanol–water partition coefficient (Wildman–Crippen LogP) is 2.03. The van der Waals surface area contributed by atoms with Gasteiger partial charge < -0.3 is 11.1 Å². The van der Waals surface area contributed by atoms with Gasteiger partial charge in [0.05, 0.1) is 4.92 Å². The first-order valence-electron chi connectivity index (χ1n) is 7.32. The smallest absolute Gasteiger partial charge is 0.292 e. The molecule has 0 fully saturated rings. The average Bonchev–Trinajstić information content (AvgIpc) is 2.42. The maximum Gasteiger partial charge on any atom is 0.292 e. The van der Waals surface area contributed by atoms with Gasteiger partial charge in [0.25, 0.3) is 11.6 Å². The molecule has 0 bridgehead atoms. The Morgan fingerprint density at radius 3 is 2.41 bits per heavy atom. The molecule has 0 saturated heterocycles. The lowest BCUT2D eigenvalue weighted by atomic mass is 10.1. The van der Waals surface area contributed by atoms with Crippen LogP contribution in [0.3, 0.4) is 0 Å². The number of nitrogen functional groups attached to an aromatic ring is 1. The third kappa shape index (κ3) is 4.70. The molecule has 0 aliphatic heterocycles. The number of carbonyl (C=O) groups excluding carboxylic acids is 1. The number of hydrogen-bond acceptors (Lipinski definition) is 5. The lowest BCUT2D eigenvalue weighted by molar-refractivity contribution is -0.383. The largest absolute Gasteiger partial charge is 0.393 e. The number of amides is 1. The monoisotopic (exact) mass is 308 g/mol. The Balaban J connectivity index is 2.66. The zero-order valence-corrected chi connectivity index (χ0v) is 13.5. The summed E-state index contributed by atoms with van der Waals surface area (Å²) in [5, 5.41) is 13.6. The van der Waals surface area contributed by atoms with Gasteiger partial charge in [0.2, 0.25) is 0 Å². The molecule has 0 aliphatic carbocycles. The second-order valence-corrected chi connectivity index (χ2v) is 5.71. The number of nitro groups is 1. The Bertz CT molecular complexity index is 536. The van der Waals surface area contributed by atoms with Gasteiger partial charge in [-0.1, -0.05) is 0 Å². The second kappa shape index (κ2) is 7.74. The molecule has 0 aliphatic rings. The zero-order chi connectivity index (χ0) is 16.9. The van der Waals surface area contributed by atoms with Crippen molar-refractivity contribution < 1.29 is 9.72 Å². The Morgan fingerprint density at radius 2 is 1.91 bits per heavy atom. The van der Waals surface area contributed by atoms with Crippen molar-refractivity contribution in [2.75, 3.05) is 18.8 Å². The molecule has 0 unspecified atom stereocenters. The maximum atomic E-state index is 12.1. The highest BCUT2D eigenvalue weighted by Crippen LogP contribution is 2.22. The summed E-state index contributed by atoms with van der Waals surface area (Å²) in [7, 11) is 0. The molecule has 1 aromatic carbocycles. The Labute approximate surface area is 130 Å². The van der Waals surface area contributed by atoms with E-state index < -0.39 is 4.92 Å². The van der Waals surface area contributed by atoms with E-state index in [4.69, 9.17) is 5.73 Å². The lowest BCUT2D eigenvalue weighted by Crippen LogP contribution is -2.42. The highest BCUT2D eigenvalue weighted by atomic mass is 16.6. The molecule has 0 spiro atoms. The SMILES string of the molecule is CC(C)N(CCNC(=O)c1ccc(N)c([N+](=O)[O-])c1)C(C)C. The molecule has 1 rings (SSSR count). The zero-order valence-electron chi connectivity index (χ0n) is 13.5. The first-order valence-corrected chi connectivity index (χ1v) is 7.32. The number of nitro benzene ring substituents is 1. The minimum atomic E-state index is -0.592. The summed E-state index contributed by atoms with van der Waals surface area (Å²) >= 11 is 0. The molecule has 7 heteroatoms. The van der Waals surface area contributed by atoms with Gasteiger partial charge in [0, 0.05) is 36.8 Å². The molecule has 122 valence electrons. The fourth-order valence-corrected chi connectivity index (χ4v) is 2.36. The molecule has 22 heavy (non-hydrogen) atoms. The Morgan fingerprint density at radius 1 is 1.32 bits per heavy atom. The molecule has 7 nitrogen and oxygen atoms in total. The predicted molar refractivity (Wildman–Crippen MR) is 86.8 cm³/mol. The normalized spacial score (nSPS) is 11.2. The van der Waals surface area contributed by atoms with Crippen molar-refractivity contribution >= 4 is 17.3 Å². The summed E-state index contributed by atoms with van der Waals surface area (Å²) in [4.78, 5) is 24.6. The van der Waals surface area contributed by atoms with Crippen molar-refractivity contribution in [3.05, 3.63) is 33.9 Å². The summed E-state index contributed by atoms with van der Waals surface area (Å²) in [6.45, 7) is 9.61. The van der Waals surface area contributed by atoms with Crippen molar-refractivity contribution in [2.24, 2.45) is 0 Å². The van der Waals surface area contributed by atoms with E-state index >= 15 is 0 Å². The molecule has 1 amide bonds. The van der Waals surface area contributed by atoms with Gasteiger partial charge in [-0.2, -0.15) is 0 Å². The third-order valence-corrected chi connectivity index (χ3v) is 3.47. The van der Waals surface area contributed by atoms with Gasteiger partial charge in [-0.05, 0) is 39.8 Å². The fraction of sp³-hybridized carbons (Fsp3) is 0.533. The lowest BCUT2D eigenvalue weighted by Gasteiger charge is -2.30. The molecular weight excluding hydrogens is 284 g/mol. The Hall–Kier alpha value is -2.15. The van der Waals surface area contributed by atoms with Crippen molar-refractivity contribution in [3.63, 3.8) is 0 Å². The van der Waals surface area contributed by atoms with Gasteiger partial charge in [-0.3, -0.25) is 19.8 Å². The van der Waals surface area contributed by atoms with Crippen LogP contribution >= 0.6 is 0 Å². The topological polar surface area (TPSA) is 102 Å².